The highest BCUT2D eigenvalue weighted by Crippen LogP contribution is 2.64. The summed E-state index contributed by atoms with van der Waals surface area (Å²) in [6.07, 6.45) is 26.5. The molecule has 0 fully saturated rings. The van der Waals surface area contributed by atoms with E-state index in [2.05, 4.69) is 276 Å². The second kappa shape index (κ2) is 18.3. The Hall–Kier alpha value is -8.70. The van der Waals surface area contributed by atoms with Crippen LogP contribution in [0.1, 0.15) is 104 Å². The molecule has 0 bridgehead atoms. The first kappa shape index (κ1) is 46.8. The van der Waals surface area contributed by atoms with Crippen LogP contribution in [0.15, 0.2) is 241 Å². The smallest absolute Gasteiger partial charge is 0.0725 e. The lowest BCUT2D eigenvalue weighted by Gasteiger charge is -2.31. The Balaban J connectivity index is 0.889. The van der Waals surface area contributed by atoms with Crippen LogP contribution in [-0.2, 0) is 17.3 Å². The average Bonchev–Trinajstić information content (AvgIpc) is 3.96. The Bertz CT molecular complexity index is 4130. The van der Waals surface area contributed by atoms with Crippen LogP contribution in [0.5, 0.6) is 0 Å². The van der Waals surface area contributed by atoms with E-state index in [0.717, 1.165) is 41.9 Å². The lowest BCUT2D eigenvalue weighted by molar-refractivity contribution is 0.607. The van der Waals surface area contributed by atoms with Gasteiger partial charge in [-0.3, -0.25) is 0 Å². The summed E-state index contributed by atoms with van der Waals surface area (Å²) < 4.78 is 0. The fraction of sp³-hybridized carbons (Fsp3) is 0.158. The third-order valence-electron chi connectivity index (χ3n) is 17.9. The SMILES string of the molecule is CCc1ccccc1C1=CC=C(N(c2ccc3c(c2)C(C)(C)C2=C3C=CCC2)c2ccc3cc(-c4ccc5c(c4)C4(c6ccccc6-c6ccccc64)c4cccc(/C(C)=C/C=C6/C=CC=CC6C)c4-5)ccc3c2)CC#C1. The van der Waals surface area contributed by atoms with E-state index in [1.807, 2.05) is 0 Å². The van der Waals surface area contributed by atoms with E-state index in [9.17, 15) is 0 Å². The van der Waals surface area contributed by atoms with Crippen molar-refractivity contribution in [2.45, 2.75) is 71.1 Å². The topological polar surface area (TPSA) is 3.24 Å². The minimum Gasteiger partial charge on any atom is -0.313 e. The summed E-state index contributed by atoms with van der Waals surface area (Å²) >= 11 is 0. The predicted molar refractivity (Wildman–Crippen MR) is 326 cm³/mol. The van der Waals surface area contributed by atoms with Gasteiger partial charge in [-0.1, -0.05) is 221 Å². The Morgan fingerprint density at radius 3 is 2.16 bits per heavy atom. The zero-order valence-corrected chi connectivity index (χ0v) is 44.7. The van der Waals surface area contributed by atoms with E-state index in [4.69, 9.17) is 0 Å². The highest BCUT2D eigenvalue weighted by atomic mass is 15.1. The van der Waals surface area contributed by atoms with Gasteiger partial charge in [-0.2, -0.15) is 0 Å². The van der Waals surface area contributed by atoms with E-state index in [1.165, 1.54) is 111 Å². The van der Waals surface area contributed by atoms with Crippen molar-refractivity contribution in [3.8, 4) is 45.2 Å². The second-order valence-corrected chi connectivity index (χ2v) is 22.4. The molecular weight excluding hydrogens is 927 g/mol. The number of anilines is 2. The average molecular weight is 988 g/mol. The molecule has 1 spiro atoms. The van der Waals surface area contributed by atoms with Crippen molar-refractivity contribution in [2.75, 3.05) is 4.90 Å². The maximum Gasteiger partial charge on any atom is 0.0725 e. The highest BCUT2D eigenvalue weighted by Gasteiger charge is 2.52. The fourth-order valence-electron chi connectivity index (χ4n) is 14.0. The van der Waals surface area contributed by atoms with Gasteiger partial charge >= 0.3 is 0 Å². The number of fused-ring (bicyclic) bond motifs is 13. The Labute approximate surface area is 455 Å². The molecule has 6 aliphatic carbocycles. The maximum absolute atomic E-state index is 3.61. The number of nitrogens with zero attached hydrogens (tertiary/aromatic N) is 1. The molecule has 0 saturated carbocycles. The largest absolute Gasteiger partial charge is 0.313 e. The molecule has 370 valence electrons. The molecule has 1 atom stereocenters. The van der Waals surface area contributed by atoms with Crippen LogP contribution in [0.4, 0.5) is 11.4 Å². The minimum atomic E-state index is -0.464. The summed E-state index contributed by atoms with van der Waals surface area (Å²) in [6.45, 7) is 11.6. The third kappa shape index (κ3) is 7.30. The zero-order valence-electron chi connectivity index (χ0n) is 44.7. The van der Waals surface area contributed by atoms with E-state index in [-0.39, 0.29) is 5.41 Å². The molecule has 8 aromatic rings. The quantitative estimate of drug-likeness (QED) is 0.137. The molecule has 0 aromatic heterocycles. The number of aryl methyl sites for hydroxylation is 1. The van der Waals surface area contributed by atoms with Crippen molar-refractivity contribution >= 4 is 38.9 Å². The second-order valence-electron chi connectivity index (χ2n) is 22.4. The van der Waals surface area contributed by atoms with Gasteiger partial charge in [0.25, 0.3) is 0 Å². The molecule has 6 aliphatic rings. The van der Waals surface area contributed by atoms with Gasteiger partial charge in [0, 0.05) is 28.1 Å². The maximum atomic E-state index is 3.61. The van der Waals surface area contributed by atoms with Crippen LogP contribution in [0, 0.1) is 17.8 Å². The molecule has 0 heterocycles. The van der Waals surface area contributed by atoms with Gasteiger partial charge in [0.1, 0.15) is 0 Å². The number of rotatable bonds is 8. The number of hydrogen-bond acceptors (Lipinski definition) is 1. The highest BCUT2D eigenvalue weighted by molar-refractivity contribution is 6.00. The lowest BCUT2D eigenvalue weighted by atomic mass is 9.70. The molecule has 0 saturated heterocycles. The van der Waals surface area contributed by atoms with Crippen LogP contribution >= 0.6 is 0 Å². The van der Waals surface area contributed by atoms with Crippen molar-refractivity contribution in [2.24, 2.45) is 5.92 Å². The Morgan fingerprint density at radius 2 is 1.34 bits per heavy atom. The van der Waals surface area contributed by atoms with E-state index < -0.39 is 5.41 Å². The predicted octanol–water partition coefficient (Wildman–Crippen LogP) is 19.4. The first-order chi connectivity index (χ1) is 37.7. The molecule has 0 amide bonds. The zero-order chi connectivity index (χ0) is 52.0. The van der Waals surface area contributed by atoms with Gasteiger partial charge in [0.2, 0.25) is 0 Å². The number of benzene rings is 8. The summed E-state index contributed by atoms with van der Waals surface area (Å²) in [6, 6.07) is 62.6. The molecule has 77 heavy (non-hydrogen) atoms. The van der Waals surface area contributed by atoms with Crippen LogP contribution in [0.2, 0.25) is 0 Å². The molecule has 1 unspecified atom stereocenters. The van der Waals surface area contributed by atoms with Gasteiger partial charge in [0.15, 0.2) is 0 Å². The summed E-state index contributed by atoms with van der Waals surface area (Å²) in [5.74, 6) is 7.58. The monoisotopic (exact) mass is 987 g/mol. The molecule has 1 heteroatoms. The Morgan fingerprint density at radius 1 is 0.636 bits per heavy atom. The van der Waals surface area contributed by atoms with Gasteiger partial charge < -0.3 is 4.90 Å². The first-order valence-electron chi connectivity index (χ1n) is 27.8. The van der Waals surface area contributed by atoms with Gasteiger partial charge in [-0.15, -0.1) is 0 Å². The molecule has 14 rings (SSSR count). The van der Waals surface area contributed by atoms with Crippen LogP contribution in [-0.4, -0.2) is 0 Å². The van der Waals surface area contributed by atoms with Crippen molar-refractivity contribution in [3.63, 3.8) is 0 Å². The van der Waals surface area contributed by atoms with Gasteiger partial charge in [-0.05, 0) is 192 Å². The molecular formula is C76H61N. The molecule has 1 nitrogen and oxygen atoms in total. The summed E-state index contributed by atoms with van der Waals surface area (Å²) in [7, 11) is 0. The summed E-state index contributed by atoms with van der Waals surface area (Å²) in [5.41, 5.74) is 29.3. The third-order valence-corrected chi connectivity index (χ3v) is 17.9. The molecule has 0 N–H and O–H groups in total. The molecule has 8 aromatic carbocycles. The lowest BCUT2D eigenvalue weighted by Crippen LogP contribution is -2.26. The van der Waals surface area contributed by atoms with Crippen LogP contribution in [0.25, 0.3) is 60.9 Å². The molecule has 0 radical (unpaired) electrons. The Kier molecular flexibility index (Phi) is 11.1. The number of hydrogen-bond donors (Lipinski definition) is 0. The van der Waals surface area contributed by atoms with Crippen molar-refractivity contribution < 1.29 is 0 Å². The van der Waals surface area contributed by atoms with Crippen LogP contribution in [0.3, 0.4) is 0 Å². The van der Waals surface area contributed by atoms with E-state index >= 15 is 0 Å². The van der Waals surface area contributed by atoms with Crippen molar-refractivity contribution in [3.05, 3.63) is 291 Å². The minimum absolute atomic E-state index is 0.0461. The van der Waals surface area contributed by atoms with Crippen molar-refractivity contribution in [1.82, 2.24) is 0 Å². The van der Waals surface area contributed by atoms with Gasteiger partial charge in [-0.25, -0.2) is 0 Å². The van der Waals surface area contributed by atoms with E-state index in [1.54, 1.807) is 5.57 Å². The summed E-state index contributed by atoms with van der Waals surface area (Å²) in [4.78, 5) is 2.47. The van der Waals surface area contributed by atoms with Crippen LogP contribution < -0.4 is 4.90 Å². The summed E-state index contributed by atoms with van der Waals surface area (Å²) in [5, 5.41) is 2.41. The fourth-order valence-corrected chi connectivity index (χ4v) is 14.0. The first-order valence-corrected chi connectivity index (χ1v) is 27.8. The number of allylic oxidation sites excluding steroid dienone is 16. The van der Waals surface area contributed by atoms with E-state index in [0.29, 0.717) is 12.3 Å². The van der Waals surface area contributed by atoms with Crippen molar-refractivity contribution in [1.29, 1.82) is 0 Å². The molecule has 0 aliphatic heterocycles. The standard InChI is InChI=1S/C76H61N/c1-6-51-20-9-10-24-62(51)53-22-17-23-58(40-37-53)77(60-42-44-66-63-25-11-14-29-68(63)75(4,5)72(66)48-60)59-41-38-55-45-54(35-36-56(55)46-59)57-39-43-67-73(47-57)76(69-30-15-12-26-64(69)65-27-13-16-31-70(65)76)71-32-18-28-61(74(67)71)50(3)33-34-52-21-8-7-19-49(52)2/h7-13,15-16,18-21,24-28,30-49H,6,14,23,29H2,1-5H3/b50-33+,52-34-. The van der Waals surface area contributed by atoms with Gasteiger partial charge in [0.05, 0.1) is 11.8 Å². The normalized spacial score (nSPS) is 18.2.